The van der Waals surface area contributed by atoms with E-state index in [1.807, 2.05) is 81.5 Å². The van der Waals surface area contributed by atoms with Gasteiger partial charge in [0.05, 0.1) is 0 Å². The van der Waals surface area contributed by atoms with Crippen molar-refractivity contribution in [2.45, 2.75) is 20.8 Å². The van der Waals surface area contributed by atoms with Crippen LogP contribution in [0, 0.1) is 0 Å². The molecule has 0 bridgehead atoms. The van der Waals surface area contributed by atoms with Crippen molar-refractivity contribution >= 4 is 12.2 Å². The molecule has 0 saturated heterocycles. The third kappa shape index (κ3) is 8.62. The molecule has 0 aliphatic heterocycles. The van der Waals surface area contributed by atoms with Crippen LogP contribution in [-0.2, 0) is 0 Å². The van der Waals surface area contributed by atoms with Gasteiger partial charge in [-0.05, 0) is 18.1 Å². The largest absolute Gasteiger partial charge is 0.0985 e. The van der Waals surface area contributed by atoms with E-state index in [0.717, 1.165) is 0 Å². The molecular weight excluding hydrogens is 228 g/mol. The quantitative estimate of drug-likeness (QED) is 0.608. The Labute approximate surface area is 118 Å². The van der Waals surface area contributed by atoms with Gasteiger partial charge >= 0.3 is 0 Å². The van der Waals surface area contributed by atoms with Gasteiger partial charge in [-0.2, -0.15) is 0 Å². The fourth-order valence-electron chi connectivity index (χ4n) is 1.35. The van der Waals surface area contributed by atoms with Crippen molar-refractivity contribution in [3.63, 3.8) is 0 Å². The summed E-state index contributed by atoms with van der Waals surface area (Å²) < 4.78 is 0. The van der Waals surface area contributed by atoms with Crippen LogP contribution in [0.25, 0.3) is 12.2 Å². The zero-order valence-electron chi connectivity index (χ0n) is 12.2. The lowest BCUT2D eigenvalue weighted by molar-refractivity contribution is 1.50. The Morgan fingerprint density at radius 1 is 0.737 bits per heavy atom. The van der Waals surface area contributed by atoms with Crippen LogP contribution in [0.3, 0.4) is 0 Å². The summed E-state index contributed by atoms with van der Waals surface area (Å²) in [4.78, 5) is 0. The zero-order valence-corrected chi connectivity index (χ0v) is 12.2. The predicted octanol–water partition coefficient (Wildman–Crippen LogP) is 6.08. The Morgan fingerprint density at radius 2 is 1.16 bits per heavy atom. The van der Waals surface area contributed by atoms with E-state index in [2.05, 4.69) is 24.8 Å². The zero-order chi connectivity index (χ0) is 14.3. The van der Waals surface area contributed by atoms with Gasteiger partial charge in [0, 0.05) is 0 Å². The minimum absolute atomic E-state index is 1.17. The molecule has 2 aromatic rings. The molecule has 2 aromatic carbocycles. The minimum Gasteiger partial charge on any atom is -0.0985 e. The highest BCUT2D eigenvalue weighted by Gasteiger charge is 1.77. The van der Waals surface area contributed by atoms with Crippen molar-refractivity contribution < 1.29 is 0 Å². The van der Waals surface area contributed by atoms with E-state index in [9.17, 15) is 0 Å². The summed E-state index contributed by atoms with van der Waals surface area (Å²) in [7, 11) is 0. The summed E-state index contributed by atoms with van der Waals surface area (Å²) >= 11 is 0. The Morgan fingerprint density at radius 3 is 1.47 bits per heavy atom. The van der Waals surface area contributed by atoms with Gasteiger partial charge in [-0.25, -0.2) is 0 Å². The van der Waals surface area contributed by atoms with Gasteiger partial charge in [0.15, 0.2) is 0 Å². The molecule has 0 atom stereocenters. The maximum atomic E-state index is 3.63. The van der Waals surface area contributed by atoms with E-state index in [0.29, 0.717) is 0 Å². The number of hydrogen-bond acceptors (Lipinski definition) is 0. The van der Waals surface area contributed by atoms with Crippen LogP contribution in [0.5, 0.6) is 0 Å². The van der Waals surface area contributed by atoms with E-state index in [1.165, 1.54) is 11.1 Å². The van der Waals surface area contributed by atoms with Crippen LogP contribution in [0.15, 0.2) is 73.3 Å². The van der Waals surface area contributed by atoms with Gasteiger partial charge in [0.2, 0.25) is 0 Å². The molecule has 0 aromatic heterocycles. The fraction of sp³-hybridized carbons (Fsp3) is 0.158. The first-order valence-electron chi connectivity index (χ1n) is 6.72. The maximum Gasteiger partial charge on any atom is -0.0260 e. The Balaban J connectivity index is 0.000000303. The summed E-state index contributed by atoms with van der Waals surface area (Å²) in [6.45, 7) is 9.65. The molecule has 0 amide bonds. The second-order valence-electron chi connectivity index (χ2n) is 3.53. The highest BCUT2D eigenvalue weighted by molar-refractivity contribution is 5.48. The molecule has 0 radical (unpaired) electrons. The summed E-state index contributed by atoms with van der Waals surface area (Å²) in [5.41, 5.74) is 2.44. The van der Waals surface area contributed by atoms with Crippen LogP contribution in [0.4, 0.5) is 0 Å². The van der Waals surface area contributed by atoms with E-state index < -0.39 is 0 Å². The molecule has 0 heterocycles. The van der Waals surface area contributed by atoms with Gasteiger partial charge in [-0.15, -0.1) is 0 Å². The van der Waals surface area contributed by atoms with Crippen LogP contribution in [0.2, 0.25) is 0 Å². The first-order chi connectivity index (χ1) is 9.36. The van der Waals surface area contributed by atoms with Crippen molar-refractivity contribution in [2.24, 2.45) is 0 Å². The maximum absolute atomic E-state index is 3.63. The van der Waals surface area contributed by atoms with Crippen LogP contribution >= 0.6 is 0 Å². The molecule has 0 N–H and O–H groups in total. The molecule has 0 aliphatic carbocycles. The predicted molar refractivity (Wildman–Crippen MR) is 89.0 cm³/mol. The van der Waals surface area contributed by atoms with E-state index >= 15 is 0 Å². The summed E-state index contributed by atoms with van der Waals surface area (Å²) in [5.74, 6) is 0. The van der Waals surface area contributed by atoms with Crippen LogP contribution in [0.1, 0.15) is 31.9 Å². The Bertz CT molecular complexity index is 438. The highest BCUT2D eigenvalue weighted by atomic mass is 13.8. The highest BCUT2D eigenvalue weighted by Crippen LogP contribution is 1.99. The average molecular weight is 252 g/mol. The third-order valence-corrected chi connectivity index (χ3v) is 2.19. The lowest BCUT2D eigenvalue weighted by Gasteiger charge is -1.86. The number of allylic oxidation sites excluding steroid dienone is 1. The molecular formula is C19H24. The van der Waals surface area contributed by atoms with E-state index in [4.69, 9.17) is 0 Å². The summed E-state index contributed by atoms with van der Waals surface area (Å²) in [6, 6.07) is 20.3. The molecule has 2 rings (SSSR count). The molecule has 0 spiro atoms. The van der Waals surface area contributed by atoms with Crippen LogP contribution < -0.4 is 0 Å². The average Bonchev–Trinajstić information content (AvgIpc) is 2.52. The van der Waals surface area contributed by atoms with Crippen molar-refractivity contribution in [1.82, 2.24) is 0 Å². The molecule has 19 heavy (non-hydrogen) atoms. The molecule has 0 unspecified atom stereocenters. The Hall–Kier alpha value is -2.08. The number of benzene rings is 2. The minimum atomic E-state index is 1.17. The lowest BCUT2D eigenvalue weighted by Crippen LogP contribution is -1.65. The first kappa shape index (κ1) is 16.9. The molecule has 0 fully saturated rings. The third-order valence-electron chi connectivity index (χ3n) is 2.19. The van der Waals surface area contributed by atoms with Crippen molar-refractivity contribution in [3.05, 3.63) is 84.4 Å². The van der Waals surface area contributed by atoms with Gasteiger partial charge in [0.25, 0.3) is 0 Å². The molecule has 0 saturated carbocycles. The van der Waals surface area contributed by atoms with Crippen molar-refractivity contribution in [3.8, 4) is 0 Å². The normalized spacial score (nSPS) is 8.79. The number of hydrogen-bond donors (Lipinski definition) is 0. The molecule has 0 heteroatoms. The standard InChI is InChI=1S/C9H10.C8H8.C2H6/c1-2-6-9-7-4-3-5-8-9;1-2-8-6-4-3-5-7-8;1-2/h2-8H,1H3;2-7H,1H2;1-2H3/b6-2+;;. The number of rotatable bonds is 2. The van der Waals surface area contributed by atoms with Gasteiger partial charge in [-0.3, -0.25) is 0 Å². The second kappa shape index (κ2) is 12.4. The monoisotopic (exact) mass is 252 g/mol. The SMILES string of the molecule is C/C=C/c1ccccc1.C=Cc1ccccc1.CC. The van der Waals surface area contributed by atoms with Gasteiger partial charge < -0.3 is 0 Å². The smallest absolute Gasteiger partial charge is 0.0260 e. The second-order valence-corrected chi connectivity index (χ2v) is 3.53. The van der Waals surface area contributed by atoms with Crippen molar-refractivity contribution in [1.29, 1.82) is 0 Å². The summed E-state index contributed by atoms with van der Waals surface area (Å²) in [6.07, 6.45) is 5.95. The topological polar surface area (TPSA) is 0 Å². The van der Waals surface area contributed by atoms with Crippen LogP contribution in [-0.4, -0.2) is 0 Å². The van der Waals surface area contributed by atoms with Gasteiger partial charge in [0.1, 0.15) is 0 Å². The van der Waals surface area contributed by atoms with E-state index in [1.54, 1.807) is 0 Å². The van der Waals surface area contributed by atoms with E-state index in [-0.39, 0.29) is 0 Å². The van der Waals surface area contributed by atoms with Gasteiger partial charge in [-0.1, -0.05) is 99.3 Å². The molecule has 0 aliphatic rings. The molecule has 0 nitrogen and oxygen atoms in total. The summed E-state index contributed by atoms with van der Waals surface area (Å²) in [5, 5.41) is 0. The lowest BCUT2D eigenvalue weighted by atomic mass is 10.2. The first-order valence-corrected chi connectivity index (χ1v) is 6.72. The van der Waals surface area contributed by atoms with Crippen molar-refractivity contribution in [2.75, 3.05) is 0 Å². The fourth-order valence-corrected chi connectivity index (χ4v) is 1.35. The molecule has 100 valence electrons. The Kier molecular flexibility index (Phi) is 11.0.